The Morgan fingerprint density at radius 1 is 1.21 bits per heavy atom. The van der Waals surface area contributed by atoms with E-state index in [0.717, 1.165) is 44.3 Å². The van der Waals surface area contributed by atoms with Crippen LogP contribution in [0.15, 0.2) is 53.5 Å². The third kappa shape index (κ3) is 7.47. The van der Waals surface area contributed by atoms with E-state index in [4.69, 9.17) is 14.5 Å². The largest absolute Gasteiger partial charge is 0.481 e. The van der Waals surface area contributed by atoms with Crippen molar-refractivity contribution in [3.63, 3.8) is 0 Å². The number of aromatic nitrogens is 1. The molecule has 1 atom stereocenters. The van der Waals surface area contributed by atoms with Gasteiger partial charge in [-0.25, -0.2) is 9.98 Å². The number of aliphatic imine (C=N–C) groups is 1. The Morgan fingerprint density at radius 3 is 2.79 bits per heavy atom. The van der Waals surface area contributed by atoms with Crippen LogP contribution in [0, 0.1) is 5.92 Å². The molecule has 0 spiro atoms. The summed E-state index contributed by atoms with van der Waals surface area (Å²) in [6.45, 7) is 6.88. The van der Waals surface area contributed by atoms with E-state index in [0.29, 0.717) is 24.9 Å². The molecule has 0 radical (unpaired) electrons. The third-order valence-electron chi connectivity index (χ3n) is 4.77. The fraction of sp³-hybridized carbons (Fsp3) is 0.455. The summed E-state index contributed by atoms with van der Waals surface area (Å²) in [5.74, 6) is 2.09. The molecular formula is C22H31IN4O2. The molecule has 6 nitrogen and oxygen atoms in total. The van der Waals surface area contributed by atoms with Crippen LogP contribution in [0.4, 0.5) is 0 Å². The first-order valence-electron chi connectivity index (χ1n) is 9.93. The predicted octanol–water partition coefficient (Wildman–Crippen LogP) is 3.71. The molecule has 0 saturated carbocycles. The second kappa shape index (κ2) is 12.6. The van der Waals surface area contributed by atoms with Gasteiger partial charge in [0.25, 0.3) is 0 Å². The minimum Gasteiger partial charge on any atom is -0.481 e. The normalized spacial score (nSPS) is 16.4. The molecule has 0 amide bonds. The van der Waals surface area contributed by atoms with Gasteiger partial charge in [0.05, 0.1) is 32.6 Å². The average molecular weight is 510 g/mol. The molecule has 0 bridgehead atoms. The van der Waals surface area contributed by atoms with Crippen molar-refractivity contribution in [3.05, 3.63) is 59.8 Å². The number of rotatable bonds is 8. The number of methoxy groups -OCH3 is 1. The SMILES string of the molecule is CCNC(=NCc1cccc(OC)n1)N1CCC(COCc2ccccc2)C1.I. The van der Waals surface area contributed by atoms with Gasteiger partial charge in [-0.2, -0.15) is 0 Å². The van der Waals surface area contributed by atoms with Crippen molar-refractivity contribution in [1.29, 1.82) is 0 Å². The molecule has 1 aromatic heterocycles. The van der Waals surface area contributed by atoms with Crippen LogP contribution in [0.1, 0.15) is 24.6 Å². The van der Waals surface area contributed by atoms with E-state index in [-0.39, 0.29) is 24.0 Å². The highest BCUT2D eigenvalue weighted by Crippen LogP contribution is 2.18. The first-order valence-corrected chi connectivity index (χ1v) is 9.93. The second-order valence-corrected chi connectivity index (χ2v) is 6.94. The van der Waals surface area contributed by atoms with Gasteiger partial charge in [0, 0.05) is 31.6 Å². The molecule has 1 aromatic carbocycles. The first kappa shape index (κ1) is 23.4. The number of hydrogen-bond acceptors (Lipinski definition) is 4. The zero-order valence-electron chi connectivity index (χ0n) is 17.2. The molecule has 1 aliphatic heterocycles. The summed E-state index contributed by atoms with van der Waals surface area (Å²) < 4.78 is 11.1. The van der Waals surface area contributed by atoms with Gasteiger partial charge in [-0.15, -0.1) is 24.0 Å². The molecule has 1 fully saturated rings. The molecule has 1 unspecified atom stereocenters. The smallest absolute Gasteiger partial charge is 0.213 e. The van der Waals surface area contributed by atoms with Gasteiger partial charge < -0.3 is 19.7 Å². The molecular weight excluding hydrogens is 479 g/mol. The van der Waals surface area contributed by atoms with Crippen molar-refractivity contribution in [2.24, 2.45) is 10.9 Å². The number of ether oxygens (including phenoxy) is 2. The fourth-order valence-corrected chi connectivity index (χ4v) is 3.32. The number of halogens is 1. The Labute approximate surface area is 190 Å². The van der Waals surface area contributed by atoms with Crippen molar-refractivity contribution in [2.75, 3.05) is 33.4 Å². The Hall–Kier alpha value is -1.87. The van der Waals surface area contributed by atoms with E-state index in [9.17, 15) is 0 Å². The molecule has 2 aromatic rings. The standard InChI is InChI=1S/C22H30N4O2.HI/c1-3-23-22(24-14-20-10-7-11-21(25-20)27-2)26-13-12-19(15-26)17-28-16-18-8-5-4-6-9-18;/h4-11,19H,3,12-17H2,1-2H3,(H,23,24);1H. The fourth-order valence-electron chi connectivity index (χ4n) is 3.32. The van der Waals surface area contributed by atoms with Crippen LogP contribution < -0.4 is 10.1 Å². The van der Waals surface area contributed by atoms with Crippen LogP contribution in [-0.2, 0) is 17.9 Å². The zero-order valence-corrected chi connectivity index (χ0v) is 19.5. The van der Waals surface area contributed by atoms with E-state index in [1.807, 2.05) is 36.4 Å². The van der Waals surface area contributed by atoms with Crippen molar-refractivity contribution >= 4 is 29.9 Å². The van der Waals surface area contributed by atoms with Crippen LogP contribution in [0.25, 0.3) is 0 Å². The van der Waals surface area contributed by atoms with Crippen LogP contribution >= 0.6 is 24.0 Å². The van der Waals surface area contributed by atoms with Crippen LogP contribution in [-0.4, -0.2) is 49.2 Å². The highest BCUT2D eigenvalue weighted by Gasteiger charge is 2.25. The quantitative estimate of drug-likeness (QED) is 0.334. The maximum absolute atomic E-state index is 5.94. The van der Waals surface area contributed by atoms with Gasteiger partial charge in [0.15, 0.2) is 5.96 Å². The minimum atomic E-state index is 0. The van der Waals surface area contributed by atoms with Crippen molar-refractivity contribution < 1.29 is 9.47 Å². The van der Waals surface area contributed by atoms with Crippen molar-refractivity contribution in [2.45, 2.75) is 26.5 Å². The Kier molecular flexibility index (Phi) is 10.2. The maximum atomic E-state index is 5.94. The molecule has 1 N–H and O–H groups in total. The summed E-state index contributed by atoms with van der Waals surface area (Å²) in [4.78, 5) is 11.5. The topological polar surface area (TPSA) is 59.0 Å². The minimum absolute atomic E-state index is 0. The number of nitrogens with one attached hydrogen (secondary N) is 1. The molecule has 29 heavy (non-hydrogen) atoms. The lowest BCUT2D eigenvalue weighted by molar-refractivity contribution is 0.0906. The summed E-state index contributed by atoms with van der Waals surface area (Å²) in [6, 6.07) is 16.1. The number of nitrogens with zero attached hydrogens (tertiary/aromatic N) is 3. The van der Waals surface area contributed by atoms with Crippen molar-refractivity contribution in [1.82, 2.24) is 15.2 Å². The van der Waals surface area contributed by atoms with E-state index in [2.05, 4.69) is 34.3 Å². The molecule has 3 rings (SSSR count). The number of likely N-dealkylation sites (tertiary alicyclic amines) is 1. The van der Waals surface area contributed by atoms with Gasteiger partial charge in [-0.1, -0.05) is 36.4 Å². The number of pyridine rings is 1. The predicted molar refractivity (Wildman–Crippen MR) is 127 cm³/mol. The van der Waals surface area contributed by atoms with Gasteiger partial charge >= 0.3 is 0 Å². The summed E-state index contributed by atoms with van der Waals surface area (Å²) in [6.07, 6.45) is 1.12. The van der Waals surface area contributed by atoms with Crippen LogP contribution in [0.3, 0.4) is 0 Å². The van der Waals surface area contributed by atoms with E-state index < -0.39 is 0 Å². The number of benzene rings is 1. The first-order chi connectivity index (χ1) is 13.8. The molecule has 1 saturated heterocycles. The molecule has 158 valence electrons. The van der Waals surface area contributed by atoms with Gasteiger partial charge in [-0.3, -0.25) is 0 Å². The van der Waals surface area contributed by atoms with Crippen molar-refractivity contribution in [3.8, 4) is 5.88 Å². The van der Waals surface area contributed by atoms with Crippen LogP contribution in [0.2, 0.25) is 0 Å². The van der Waals surface area contributed by atoms with Gasteiger partial charge in [0.1, 0.15) is 0 Å². The third-order valence-corrected chi connectivity index (χ3v) is 4.77. The highest BCUT2D eigenvalue weighted by atomic mass is 127. The van der Waals surface area contributed by atoms with Gasteiger partial charge in [0.2, 0.25) is 5.88 Å². The van der Waals surface area contributed by atoms with E-state index in [1.54, 1.807) is 7.11 Å². The van der Waals surface area contributed by atoms with Gasteiger partial charge in [-0.05, 0) is 25.0 Å². The molecule has 2 heterocycles. The monoisotopic (exact) mass is 510 g/mol. The number of hydrogen-bond donors (Lipinski definition) is 1. The summed E-state index contributed by atoms with van der Waals surface area (Å²) in [7, 11) is 1.63. The van der Waals surface area contributed by atoms with E-state index >= 15 is 0 Å². The maximum Gasteiger partial charge on any atom is 0.213 e. The van der Waals surface area contributed by atoms with E-state index in [1.165, 1.54) is 5.56 Å². The highest BCUT2D eigenvalue weighted by molar-refractivity contribution is 14.0. The Morgan fingerprint density at radius 2 is 2.03 bits per heavy atom. The lowest BCUT2D eigenvalue weighted by Crippen LogP contribution is -2.40. The Balaban J connectivity index is 0.00000300. The summed E-state index contributed by atoms with van der Waals surface area (Å²) >= 11 is 0. The number of guanidine groups is 1. The lowest BCUT2D eigenvalue weighted by Gasteiger charge is -2.21. The lowest BCUT2D eigenvalue weighted by atomic mass is 10.1. The summed E-state index contributed by atoms with van der Waals surface area (Å²) in [5, 5.41) is 3.40. The average Bonchev–Trinajstić information content (AvgIpc) is 3.21. The molecule has 0 aliphatic carbocycles. The zero-order chi connectivity index (χ0) is 19.6. The summed E-state index contributed by atoms with van der Waals surface area (Å²) in [5.41, 5.74) is 2.12. The second-order valence-electron chi connectivity index (χ2n) is 6.94. The Bertz CT molecular complexity index is 757. The van der Waals surface area contributed by atoms with Crippen LogP contribution in [0.5, 0.6) is 5.88 Å². The molecule has 7 heteroatoms. The molecule has 1 aliphatic rings.